The molecule has 2 aromatic rings. The van der Waals surface area contributed by atoms with E-state index in [1.807, 2.05) is 18.5 Å². The Morgan fingerprint density at radius 2 is 2.09 bits per heavy atom. The lowest BCUT2D eigenvalue weighted by atomic mass is 9.85. The molecule has 1 saturated carbocycles. The molecular formula is C18H20N4O. The summed E-state index contributed by atoms with van der Waals surface area (Å²) in [4.78, 5) is 23.4. The number of hydrogen-bond donors (Lipinski definition) is 0. The minimum Gasteiger partial charge on any atom is -0.341 e. The van der Waals surface area contributed by atoms with Crippen LogP contribution in [-0.4, -0.2) is 38.4 Å². The first-order valence-electron chi connectivity index (χ1n) is 8.52. The third-order valence-electron chi connectivity index (χ3n) is 5.69. The molecule has 2 aromatic heterocycles. The molecule has 0 radical (unpaired) electrons. The first-order valence-corrected chi connectivity index (χ1v) is 8.52. The Morgan fingerprint density at radius 1 is 1.22 bits per heavy atom. The van der Waals surface area contributed by atoms with Gasteiger partial charge in [0.25, 0.3) is 0 Å². The lowest BCUT2D eigenvalue weighted by Crippen LogP contribution is -2.34. The van der Waals surface area contributed by atoms with Gasteiger partial charge in [-0.2, -0.15) is 0 Å². The Hall–Kier alpha value is -2.17. The molecule has 0 bridgehead atoms. The molecule has 1 amide bonds. The van der Waals surface area contributed by atoms with Gasteiger partial charge in [-0.3, -0.25) is 9.78 Å². The van der Waals surface area contributed by atoms with Crippen LogP contribution in [0, 0.1) is 5.92 Å². The minimum absolute atomic E-state index is 0.0744. The number of carbonyl (C=O) groups is 1. The highest BCUT2D eigenvalue weighted by Gasteiger charge is 2.49. The first-order chi connectivity index (χ1) is 11.3. The largest absolute Gasteiger partial charge is 0.341 e. The molecule has 4 heterocycles. The van der Waals surface area contributed by atoms with Crippen molar-refractivity contribution in [1.29, 1.82) is 0 Å². The maximum atomic E-state index is 12.4. The fourth-order valence-corrected chi connectivity index (χ4v) is 4.24. The summed E-state index contributed by atoms with van der Waals surface area (Å²) < 4.78 is 2.34. The van der Waals surface area contributed by atoms with Gasteiger partial charge in [0.2, 0.25) is 5.91 Å². The number of fused-ring (bicyclic) bond motifs is 2. The molecule has 1 atom stereocenters. The molecule has 5 nitrogen and oxygen atoms in total. The highest BCUT2D eigenvalue weighted by Crippen LogP contribution is 2.45. The van der Waals surface area contributed by atoms with Gasteiger partial charge in [-0.05, 0) is 37.8 Å². The lowest BCUT2D eigenvalue weighted by molar-refractivity contribution is -0.131. The third-order valence-corrected chi connectivity index (χ3v) is 5.69. The fraction of sp³-hybridized carbons (Fsp3) is 0.500. The third kappa shape index (κ3) is 1.95. The van der Waals surface area contributed by atoms with Crippen LogP contribution in [0.1, 0.15) is 31.5 Å². The number of aromatic nitrogens is 3. The monoisotopic (exact) mass is 308 g/mol. The summed E-state index contributed by atoms with van der Waals surface area (Å²) in [6, 6.07) is 4.05. The molecule has 0 unspecified atom stereocenters. The number of likely N-dealkylation sites (tertiary alicyclic amines) is 1. The number of rotatable bonds is 2. The van der Waals surface area contributed by atoms with Crippen LogP contribution in [0.15, 0.2) is 30.7 Å². The van der Waals surface area contributed by atoms with Crippen molar-refractivity contribution in [3.63, 3.8) is 0 Å². The highest BCUT2D eigenvalue weighted by molar-refractivity contribution is 5.81. The number of amides is 1. The zero-order chi connectivity index (χ0) is 15.4. The smallest absolute Gasteiger partial charge is 0.225 e. The van der Waals surface area contributed by atoms with Gasteiger partial charge >= 0.3 is 0 Å². The second-order valence-electron chi connectivity index (χ2n) is 7.17. The minimum atomic E-state index is 0.0744. The average molecular weight is 308 g/mol. The van der Waals surface area contributed by atoms with Crippen LogP contribution in [-0.2, 0) is 16.8 Å². The van der Waals surface area contributed by atoms with E-state index in [2.05, 4.69) is 20.5 Å². The van der Waals surface area contributed by atoms with E-state index in [4.69, 9.17) is 4.98 Å². The van der Waals surface area contributed by atoms with Crippen LogP contribution in [0.25, 0.3) is 11.3 Å². The van der Waals surface area contributed by atoms with E-state index in [1.165, 1.54) is 5.82 Å². The van der Waals surface area contributed by atoms with Crippen LogP contribution in [0.5, 0.6) is 0 Å². The van der Waals surface area contributed by atoms with Gasteiger partial charge in [0.15, 0.2) is 0 Å². The summed E-state index contributed by atoms with van der Waals surface area (Å²) in [5.41, 5.74) is 2.34. The molecule has 5 heteroatoms. The zero-order valence-corrected chi connectivity index (χ0v) is 13.1. The number of nitrogens with zero attached hydrogens (tertiary/aromatic N) is 4. The Balaban J connectivity index is 1.46. The van der Waals surface area contributed by atoms with Crippen molar-refractivity contribution in [2.45, 2.75) is 37.6 Å². The molecule has 0 aromatic carbocycles. The van der Waals surface area contributed by atoms with Crippen molar-refractivity contribution in [3.8, 4) is 11.3 Å². The standard InChI is InChI=1S/C18H20N4O/c23-16(13-3-4-13)21-8-5-18(12-21)6-9-22-15(11-20-17(18)22)14-2-1-7-19-10-14/h1-2,7,10-11,13H,3-6,8-9,12H2/t18-/m0/s1. The molecular weight excluding hydrogens is 288 g/mol. The fourth-order valence-electron chi connectivity index (χ4n) is 4.24. The predicted octanol–water partition coefficient (Wildman–Crippen LogP) is 2.23. The molecule has 0 N–H and O–H groups in total. The first kappa shape index (κ1) is 13.3. The van der Waals surface area contributed by atoms with E-state index in [1.54, 1.807) is 6.20 Å². The molecule has 3 aliphatic rings. The van der Waals surface area contributed by atoms with Gasteiger partial charge in [-0.15, -0.1) is 0 Å². The normalized spacial score (nSPS) is 26.0. The van der Waals surface area contributed by atoms with Gasteiger partial charge in [-0.25, -0.2) is 4.98 Å². The van der Waals surface area contributed by atoms with Gasteiger partial charge < -0.3 is 9.47 Å². The summed E-state index contributed by atoms with van der Waals surface area (Å²) in [6.45, 7) is 2.74. The van der Waals surface area contributed by atoms with Crippen molar-refractivity contribution in [2.75, 3.05) is 13.1 Å². The zero-order valence-electron chi connectivity index (χ0n) is 13.1. The van der Waals surface area contributed by atoms with Gasteiger partial charge in [0, 0.05) is 48.9 Å². The van der Waals surface area contributed by atoms with E-state index in [-0.39, 0.29) is 5.41 Å². The predicted molar refractivity (Wildman–Crippen MR) is 85.7 cm³/mol. The molecule has 1 spiro atoms. The van der Waals surface area contributed by atoms with Crippen LogP contribution in [0.2, 0.25) is 0 Å². The van der Waals surface area contributed by atoms with Crippen molar-refractivity contribution in [1.82, 2.24) is 19.4 Å². The SMILES string of the molecule is O=C(C1CC1)N1CC[C@]2(CCn3c(-c4cccnc4)cnc32)C1. The van der Waals surface area contributed by atoms with E-state index in [0.717, 1.165) is 56.6 Å². The van der Waals surface area contributed by atoms with Gasteiger partial charge in [0.05, 0.1) is 11.9 Å². The van der Waals surface area contributed by atoms with E-state index < -0.39 is 0 Å². The van der Waals surface area contributed by atoms with Crippen molar-refractivity contribution >= 4 is 5.91 Å². The summed E-state index contributed by atoms with van der Waals surface area (Å²) in [6.07, 6.45) is 9.98. The second-order valence-corrected chi connectivity index (χ2v) is 7.17. The molecule has 1 aliphatic carbocycles. The Bertz CT molecular complexity index is 765. The van der Waals surface area contributed by atoms with Crippen molar-refractivity contribution in [2.24, 2.45) is 5.92 Å². The number of pyridine rings is 1. The lowest BCUT2D eigenvalue weighted by Gasteiger charge is -2.22. The van der Waals surface area contributed by atoms with E-state index >= 15 is 0 Å². The molecule has 1 saturated heterocycles. The van der Waals surface area contributed by atoms with Crippen molar-refractivity contribution < 1.29 is 4.79 Å². The van der Waals surface area contributed by atoms with E-state index in [0.29, 0.717) is 11.8 Å². The maximum absolute atomic E-state index is 12.4. The van der Waals surface area contributed by atoms with Crippen molar-refractivity contribution in [3.05, 3.63) is 36.5 Å². The van der Waals surface area contributed by atoms with Gasteiger partial charge in [0.1, 0.15) is 5.82 Å². The van der Waals surface area contributed by atoms with Crippen LogP contribution < -0.4 is 0 Å². The van der Waals surface area contributed by atoms with Gasteiger partial charge in [-0.1, -0.05) is 0 Å². The number of hydrogen-bond acceptors (Lipinski definition) is 3. The Labute approximate surface area is 135 Å². The summed E-state index contributed by atoms with van der Waals surface area (Å²) in [7, 11) is 0. The Kier molecular flexibility index (Phi) is 2.69. The summed E-state index contributed by atoms with van der Waals surface area (Å²) in [5, 5.41) is 0. The summed E-state index contributed by atoms with van der Waals surface area (Å²) in [5.74, 6) is 1.86. The molecule has 23 heavy (non-hydrogen) atoms. The maximum Gasteiger partial charge on any atom is 0.225 e. The van der Waals surface area contributed by atoms with E-state index in [9.17, 15) is 4.79 Å². The second kappa shape index (κ2) is 4.66. The van der Waals surface area contributed by atoms with Crippen LogP contribution >= 0.6 is 0 Å². The molecule has 2 fully saturated rings. The topological polar surface area (TPSA) is 51.0 Å². The molecule has 5 rings (SSSR count). The van der Waals surface area contributed by atoms with Crippen LogP contribution in [0.3, 0.4) is 0 Å². The number of imidazole rings is 1. The molecule has 2 aliphatic heterocycles. The highest BCUT2D eigenvalue weighted by atomic mass is 16.2. The summed E-state index contributed by atoms with van der Waals surface area (Å²) >= 11 is 0. The quantitative estimate of drug-likeness (QED) is 0.855. The molecule has 118 valence electrons. The Morgan fingerprint density at radius 3 is 2.87 bits per heavy atom. The van der Waals surface area contributed by atoms with Crippen LogP contribution in [0.4, 0.5) is 0 Å². The average Bonchev–Trinajstić information content (AvgIpc) is 3.06. The number of carbonyl (C=O) groups excluding carboxylic acids is 1.